The lowest BCUT2D eigenvalue weighted by Crippen LogP contribution is -2.44. The molecule has 0 atom stereocenters. The van der Waals surface area contributed by atoms with E-state index in [0.29, 0.717) is 0 Å². The molecule has 25 heavy (non-hydrogen) atoms. The first-order chi connectivity index (χ1) is 11.8. The van der Waals surface area contributed by atoms with Gasteiger partial charge < -0.3 is 9.51 Å². The van der Waals surface area contributed by atoms with Gasteiger partial charge in [-0.05, 0) is 30.2 Å². The van der Waals surface area contributed by atoms with E-state index in [4.69, 9.17) is 0 Å². The average Bonchev–Trinajstić information content (AvgIpc) is 2.91. The lowest BCUT2D eigenvalue weighted by Gasteiger charge is -2.43. The number of hydrogen-bond acceptors (Lipinski definition) is 1. The standard InChI is InChI=1S/C22H33NOSi/c1-17(2)25(18(3)4,19(5)6)14-10-8-12-22-20(16-24)15-21-11-7-9-13-23(21)22/h7,9,11,13,15,17-19,24H,10,14,16H2,1-6H3. The predicted octanol–water partition coefficient (Wildman–Crippen LogP) is 5.85. The molecular formula is C22H33NOSi. The van der Waals surface area contributed by atoms with Crippen LogP contribution in [0.25, 0.3) is 5.52 Å². The van der Waals surface area contributed by atoms with E-state index in [0.717, 1.165) is 39.8 Å². The molecule has 1 N–H and O–H groups in total. The fraction of sp³-hybridized carbons (Fsp3) is 0.545. The number of rotatable bonds is 6. The van der Waals surface area contributed by atoms with Gasteiger partial charge in [-0.3, -0.25) is 0 Å². The Morgan fingerprint density at radius 2 is 1.68 bits per heavy atom. The van der Waals surface area contributed by atoms with Crippen molar-refractivity contribution in [2.75, 3.05) is 0 Å². The second kappa shape index (κ2) is 8.25. The molecule has 0 amide bonds. The Hall–Kier alpha value is -1.50. The van der Waals surface area contributed by atoms with Gasteiger partial charge >= 0.3 is 0 Å². The largest absolute Gasteiger partial charge is 0.392 e. The van der Waals surface area contributed by atoms with Crippen LogP contribution in [0.5, 0.6) is 0 Å². The molecule has 0 fully saturated rings. The Bertz CT molecular complexity index is 739. The van der Waals surface area contributed by atoms with Gasteiger partial charge in [-0.15, -0.1) is 0 Å². The molecule has 0 spiro atoms. The molecule has 0 aliphatic carbocycles. The van der Waals surface area contributed by atoms with Crippen molar-refractivity contribution < 1.29 is 5.11 Å². The van der Waals surface area contributed by atoms with E-state index in [9.17, 15) is 5.11 Å². The molecule has 0 radical (unpaired) electrons. The average molecular weight is 356 g/mol. The Labute approximate surface area is 154 Å². The highest BCUT2D eigenvalue weighted by Crippen LogP contribution is 2.44. The molecule has 0 aromatic carbocycles. The van der Waals surface area contributed by atoms with Crippen LogP contribution in [-0.4, -0.2) is 17.6 Å². The maximum Gasteiger partial charge on any atom is 0.102 e. The number of aliphatic hydroxyl groups excluding tert-OH is 1. The first-order valence-corrected chi connectivity index (χ1v) is 12.0. The van der Waals surface area contributed by atoms with E-state index < -0.39 is 8.07 Å². The minimum atomic E-state index is -1.38. The van der Waals surface area contributed by atoms with Crippen LogP contribution in [0.2, 0.25) is 22.7 Å². The molecule has 0 aliphatic heterocycles. The van der Waals surface area contributed by atoms with Crippen molar-refractivity contribution in [2.24, 2.45) is 0 Å². The van der Waals surface area contributed by atoms with Crippen molar-refractivity contribution in [3.63, 3.8) is 0 Å². The first-order valence-electron chi connectivity index (χ1n) is 9.53. The second-order valence-electron chi connectivity index (χ2n) is 8.05. The van der Waals surface area contributed by atoms with Gasteiger partial charge in [0.05, 0.1) is 14.7 Å². The zero-order valence-electron chi connectivity index (χ0n) is 16.6. The van der Waals surface area contributed by atoms with Crippen molar-refractivity contribution in [3.05, 3.63) is 41.7 Å². The molecule has 2 aromatic rings. The van der Waals surface area contributed by atoms with E-state index in [1.807, 2.05) is 24.4 Å². The molecule has 3 heteroatoms. The summed E-state index contributed by atoms with van der Waals surface area (Å²) in [7, 11) is -1.38. The Balaban J connectivity index is 2.25. The summed E-state index contributed by atoms with van der Waals surface area (Å²) in [5.41, 5.74) is 5.26. The highest BCUT2D eigenvalue weighted by Gasteiger charge is 2.41. The molecule has 2 rings (SSSR count). The molecule has 0 unspecified atom stereocenters. The maximum atomic E-state index is 9.65. The Morgan fingerprint density at radius 1 is 1.04 bits per heavy atom. The SMILES string of the molecule is CC(C)[Si](CCC#Cc1c(CO)cc2ccccn12)(C(C)C)C(C)C. The first kappa shape index (κ1) is 19.8. The minimum absolute atomic E-state index is 0.0361. The number of pyridine rings is 1. The van der Waals surface area contributed by atoms with Gasteiger partial charge in [0, 0.05) is 23.7 Å². The molecule has 2 heterocycles. The second-order valence-corrected chi connectivity index (χ2v) is 14.2. The topological polar surface area (TPSA) is 24.6 Å². The zero-order valence-corrected chi connectivity index (χ0v) is 17.6. The summed E-state index contributed by atoms with van der Waals surface area (Å²) in [5, 5.41) is 9.65. The monoisotopic (exact) mass is 355 g/mol. The summed E-state index contributed by atoms with van der Waals surface area (Å²) >= 11 is 0. The fourth-order valence-electron chi connectivity index (χ4n) is 4.73. The predicted molar refractivity (Wildman–Crippen MR) is 111 cm³/mol. The smallest absolute Gasteiger partial charge is 0.102 e. The van der Waals surface area contributed by atoms with Crippen LogP contribution in [0, 0.1) is 11.8 Å². The number of nitrogens with zero attached hydrogens (tertiary/aromatic N) is 1. The van der Waals surface area contributed by atoms with Gasteiger partial charge in [0.2, 0.25) is 0 Å². The fourth-order valence-corrected chi connectivity index (χ4v) is 11.0. The quantitative estimate of drug-likeness (QED) is 0.510. The zero-order chi connectivity index (χ0) is 18.6. The van der Waals surface area contributed by atoms with E-state index in [1.54, 1.807) is 0 Å². The summed E-state index contributed by atoms with van der Waals surface area (Å²) in [4.78, 5) is 0. The summed E-state index contributed by atoms with van der Waals surface area (Å²) in [6.07, 6.45) is 2.97. The van der Waals surface area contributed by atoms with Gasteiger partial charge in [0.25, 0.3) is 0 Å². The van der Waals surface area contributed by atoms with Crippen LogP contribution in [0.1, 0.15) is 59.2 Å². The van der Waals surface area contributed by atoms with Crippen molar-refractivity contribution in [1.82, 2.24) is 4.40 Å². The van der Waals surface area contributed by atoms with Crippen molar-refractivity contribution >= 4 is 13.6 Å². The highest BCUT2D eigenvalue weighted by atomic mass is 28.3. The lowest BCUT2D eigenvalue weighted by atomic mass is 10.2. The van der Waals surface area contributed by atoms with Gasteiger partial charge in [-0.25, -0.2) is 0 Å². The molecule has 0 bridgehead atoms. The maximum absolute atomic E-state index is 9.65. The van der Waals surface area contributed by atoms with Crippen LogP contribution < -0.4 is 0 Å². The summed E-state index contributed by atoms with van der Waals surface area (Å²) < 4.78 is 2.08. The molecule has 0 saturated heterocycles. The number of aromatic nitrogens is 1. The van der Waals surface area contributed by atoms with E-state index in [-0.39, 0.29) is 6.61 Å². The van der Waals surface area contributed by atoms with Crippen molar-refractivity contribution in [2.45, 2.75) is 77.2 Å². The summed E-state index contributed by atoms with van der Waals surface area (Å²) in [6, 6.07) is 9.36. The van der Waals surface area contributed by atoms with E-state index in [1.165, 1.54) is 6.04 Å². The molecular weight excluding hydrogens is 322 g/mol. The van der Waals surface area contributed by atoms with Gasteiger partial charge in [0.1, 0.15) is 5.69 Å². The normalized spacial score (nSPS) is 12.2. The van der Waals surface area contributed by atoms with E-state index in [2.05, 4.69) is 63.9 Å². The molecule has 0 saturated carbocycles. The van der Waals surface area contributed by atoms with Crippen LogP contribution in [-0.2, 0) is 6.61 Å². The molecule has 0 aliphatic rings. The summed E-state index contributed by atoms with van der Waals surface area (Å²) in [5.74, 6) is 6.78. The van der Waals surface area contributed by atoms with Crippen LogP contribution >= 0.6 is 0 Å². The van der Waals surface area contributed by atoms with Gasteiger partial charge in [-0.2, -0.15) is 0 Å². The summed E-state index contributed by atoms with van der Waals surface area (Å²) in [6.45, 7) is 14.5. The number of hydrogen-bond donors (Lipinski definition) is 1. The highest BCUT2D eigenvalue weighted by molar-refractivity contribution is 6.83. The minimum Gasteiger partial charge on any atom is -0.392 e. The molecule has 2 aromatic heterocycles. The van der Waals surface area contributed by atoms with Crippen molar-refractivity contribution in [3.8, 4) is 11.8 Å². The Morgan fingerprint density at radius 3 is 2.24 bits per heavy atom. The molecule has 2 nitrogen and oxygen atoms in total. The third-order valence-electron chi connectivity index (χ3n) is 6.04. The van der Waals surface area contributed by atoms with Crippen LogP contribution in [0.3, 0.4) is 0 Å². The lowest BCUT2D eigenvalue weighted by molar-refractivity contribution is 0.281. The van der Waals surface area contributed by atoms with Gasteiger partial charge in [0.15, 0.2) is 0 Å². The Kier molecular flexibility index (Phi) is 6.54. The third-order valence-corrected chi connectivity index (χ3v) is 13.6. The number of fused-ring (bicyclic) bond motifs is 1. The number of aliphatic hydroxyl groups is 1. The molecule has 136 valence electrons. The van der Waals surface area contributed by atoms with Crippen LogP contribution in [0.15, 0.2) is 30.5 Å². The van der Waals surface area contributed by atoms with Crippen molar-refractivity contribution in [1.29, 1.82) is 0 Å². The van der Waals surface area contributed by atoms with Gasteiger partial charge in [-0.1, -0.05) is 70.2 Å². The third kappa shape index (κ3) is 3.86. The van der Waals surface area contributed by atoms with Crippen LogP contribution in [0.4, 0.5) is 0 Å². The van der Waals surface area contributed by atoms with E-state index >= 15 is 0 Å².